The Labute approximate surface area is 323 Å². The number of hydrogen-bond acceptors (Lipinski definition) is 9. The number of likely N-dealkylation sites (tertiary alicyclic amines) is 1. The molecule has 5 rings (SSSR count). The number of carbonyl (C=O) groups is 4. The summed E-state index contributed by atoms with van der Waals surface area (Å²) >= 11 is 0. The van der Waals surface area contributed by atoms with E-state index in [1.165, 1.54) is 4.90 Å². The van der Waals surface area contributed by atoms with Crippen LogP contribution in [-0.4, -0.2) is 83.3 Å². The summed E-state index contributed by atoms with van der Waals surface area (Å²) in [4.78, 5) is 61.5. The van der Waals surface area contributed by atoms with Gasteiger partial charge >= 0.3 is 12.1 Å². The fourth-order valence-corrected chi connectivity index (χ4v) is 7.00. The number of esters is 1. The highest BCUT2D eigenvalue weighted by Crippen LogP contribution is 2.46. The molecule has 55 heavy (non-hydrogen) atoms. The molecule has 3 amide bonds. The Hall–Kier alpha value is -5.39. The highest BCUT2D eigenvalue weighted by atomic mass is 16.6. The van der Waals surface area contributed by atoms with E-state index in [0.29, 0.717) is 42.0 Å². The number of allylic oxidation sites excluding steroid dienone is 1. The number of carbonyl (C=O) groups excluding carboxylic acids is 4. The van der Waals surface area contributed by atoms with Crippen molar-refractivity contribution in [2.24, 2.45) is 5.92 Å². The number of amides is 3. The van der Waals surface area contributed by atoms with E-state index in [1.54, 1.807) is 40.9 Å². The summed E-state index contributed by atoms with van der Waals surface area (Å²) < 4.78 is 23.1. The van der Waals surface area contributed by atoms with Crippen molar-refractivity contribution in [1.29, 1.82) is 0 Å². The van der Waals surface area contributed by atoms with Gasteiger partial charge in [0.1, 0.15) is 40.8 Å². The fraction of sp³-hybridized carbons (Fsp3) is 0.465. The Morgan fingerprint density at radius 3 is 2.47 bits per heavy atom. The highest BCUT2D eigenvalue weighted by Gasteiger charge is 2.62. The van der Waals surface area contributed by atoms with Crippen LogP contribution < -0.4 is 20.1 Å². The summed E-state index contributed by atoms with van der Waals surface area (Å²) in [5.41, 5.74) is 0.143. The molecule has 2 aliphatic rings. The highest BCUT2D eigenvalue weighted by molar-refractivity contribution is 5.97. The Balaban J connectivity index is 1.49. The van der Waals surface area contributed by atoms with E-state index in [4.69, 9.17) is 23.9 Å². The van der Waals surface area contributed by atoms with Crippen molar-refractivity contribution < 1.29 is 38.1 Å². The van der Waals surface area contributed by atoms with Gasteiger partial charge < -0.3 is 34.5 Å². The van der Waals surface area contributed by atoms with Crippen molar-refractivity contribution in [1.82, 2.24) is 20.5 Å². The van der Waals surface area contributed by atoms with E-state index in [0.717, 1.165) is 30.2 Å². The molecule has 1 aliphatic heterocycles. The Kier molecular flexibility index (Phi) is 13.2. The first-order chi connectivity index (χ1) is 26.3. The zero-order valence-corrected chi connectivity index (χ0v) is 32.6. The monoisotopic (exact) mass is 754 g/mol. The van der Waals surface area contributed by atoms with Crippen LogP contribution in [0.2, 0.25) is 0 Å². The molecule has 1 aliphatic carbocycles. The minimum atomic E-state index is -1.27. The van der Waals surface area contributed by atoms with Gasteiger partial charge in [0.25, 0.3) is 0 Å². The minimum Gasteiger partial charge on any atom is -0.497 e. The van der Waals surface area contributed by atoms with Gasteiger partial charge in [0.2, 0.25) is 11.8 Å². The summed E-state index contributed by atoms with van der Waals surface area (Å²) in [6, 6.07) is 15.1. The molecule has 1 aromatic heterocycles. The molecule has 294 valence electrons. The molecule has 0 radical (unpaired) electrons. The van der Waals surface area contributed by atoms with Gasteiger partial charge in [-0.25, -0.2) is 14.6 Å². The SMILES string of the molecule is C=CCCCCC[C@H](NC(=O)OC(C)(C)C)C(=O)N1C[C@H](Oc2cc(-c3ccccc3)nc3cc(OC)ccc23)C[C@H]1C(=O)N[C@]1(C(=O)OCC)CC1C=C. The van der Waals surface area contributed by atoms with Crippen molar-refractivity contribution in [3.63, 3.8) is 0 Å². The summed E-state index contributed by atoms with van der Waals surface area (Å²) in [6.45, 7) is 14.8. The molecule has 1 saturated carbocycles. The van der Waals surface area contributed by atoms with Crippen molar-refractivity contribution >= 4 is 34.8 Å². The van der Waals surface area contributed by atoms with Gasteiger partial charge in [-0.15, -0.1) is 13.2 Å². The summed E-state index contributed by atoms with van der Waals surface area (Å²) in [5, 5.41) is 6.44. The van der Waals surface area contributed by atoms with Gasteiger partial charge in [0.15, 0.2) is 0 Å². The maximum atomic E-state index is 14.6. The third-order valence-electron chi connectivity index (χ3n) is 9.87. The number of unbranched alkanes of at least 4 members (excludes halogenated alkanes) is 3. The summed E-state index contributed by atoms with van der Waals surface area (Å²) in [5.74, 6) is -0.682. The van der Waals surface area contributed by atoms with E-state index in [-0.39, 0.29) is 25.5 Å². The lowest BCUT2D eigenvalue weighted by molar-refractivity contribution is -0.150. The van der Waals surface area contributed by atoms with E-state index >= 15 is 0 Å². The second kappa shape index (κ2) is 17.8. The average molecular weight is 755 g/mol. The predicted octanol–water partition coefficient (Wildman–Crippen LogP) is 6.91. The van der Waals surface area contributed by atoms with Crippen LogP contribution in [0.4, 0.5) is 4.79 Å². The zero-order chi connectivity index (χ0) is 39.8. The number of hydrogen-bond donors (Lipinski definition) is 2. The van der Waals surface area contributed by atoms with Gasteiger partial charge in [-0.1, -0.05) is 55.3 Å². The van der Waals surface area contributed by atoms with Crippen LogP contribution in [0.1, 0.15) is 72.6 Å². The molecular weight excluding hydrogens is 700 g/mol. The van der Waals surface area contributed by atoms with E-state index < -0.39 is 53.2 Å². The van der Waals surface area contributed by atoms with Gasteiger partial charge in [-0.05, 0) is 65.5 Å². The van der Waals surface area contributed by atoms with Crippen molar-refractivity contribution in [3.05, 3.63) is 79.9 Å². The van der Waals surface area contributed by atoms with Crippen LogP contribution in [0.25, 0.3) is 22.2 Å². The van der Waals surface area contributed by atoms with Crippen molar-refractivity contribution in [3.8, 4) is 22.8 Å². The molecule has 12 nitrogen and oxygen atoms in total. The van der Waals surface area contributed by atoms with E-state index in [1.807, 2.05) is 60.7 Å². The number of benzene rings is 2. The van der Waals surface area contributed by atoms with Crippen LogP contribution in [0.3, 0.4) is 0 Å². The molecular formula is C43H54N4O8. The number of nitrogens with zero attached hydrogens (tertiary/aromatic N) is 2. The largest absolute Gasteiger partial charge is 0.497 e. The predicted molar refractivity (Wildman–Crippen MR) is 211 cm³/mol. The maximum absolute atomic E-state index is 14.6. The Morgan fingerprint density at radius 2 is 1.82 bits per heavy atom. The number of aromatic nitrogens is 1. The molecule has 3 aromatic rings. The molecule has 2 aromatic carbocycles. The molecule has 2 heterocycles. The Morgan fingerprint density at radius 1 is 1.05 bits per heavy atom. The number of fused-ring (bicyclic) bond motifs is 1. The second-order valence-corrected chi connectivity index (χ2v) is 15.1. The summed E-state index contributed by atoms with van der Waals surface area (Å²) in [7, 11) is 1.59. The number of alkyl carbamates (subject to hydrolysis) is 1. The first kappa shape index (κ1) is 40.8. The van der Waals surface area contributed by atoms with Crippen molar-refractivity contribution in [2.45, 2.75) is 102 Å². The normalized spacial score (nSPS) is 20.9. The van der Waals surface area contributed by atoms with Gasteiger partial charge in [-0.2, -0.15) is 0 Å². The quantitative estimate of drug-likeness (QED) is 0.0853. The van der Waals surface area contributed by atoms with Gasteiger partial charge in [0.05, 0.1) is 31.5 Å². The number of ether oxygens (including phenoxy) is 4. The molecule has 2 N–H and O–H groups in total. The standard InChI is InChI=1S/C43H54N4O8/c1-8-11-12-13-17-20-33(45-41(51)55-42(4,5)6)39(49)47-27-31(24-36(47)38(48)46-43(26-29(43)9-2)40(50)53-10-3)54-37-25-34(28-18-15-14-16-19-28)44-35-23-30(52-7)21-22-32(35)37/h8-9,14-16,18-19,21-23,25,29,31,33,36H,1-2,10-13,17,20,24,26-27H2,3-7H3,(H,45,51)(H,46,48)/t29?,31-,33+,36+,43-/m1/s1. The van der Waals surface area contributed by atoms with Crippen LogP contribution in [-0.2, 0) is 23.9 Å². The first-order valence-corrected chi connectivity index (χ1v) is 19.1. The molecule has 1 unspecified atom stereocenters. The van der Waals surface area contributed by atoms with Gasteiger partial charge in [0, 0.05) is 35.4 Å². The van der Waals surface area contributed by atoms with Crippen molar-refractivity contribution in [2.75, 3.05) is 20.3 Å². The number of rotatable bonds is 17. The topological polar surface area (TPSA) is 145 Å². The number of nitrogens with one attached hydrogen (secondary N) is 2. The second-order valence-electron chi connectivity index (χ2n) is 15.1. The zero-order valence-electron chi connectivity index (χ0n) is 32.6. The molecule has 2 fully saturated rings. The van der Waals surface area contributed by atoms with Crippen LogP contribution >= 0.6 is 0 Å². The van der Waals surface area contributed by atoms with E-state index in [9.17, 15) is 19.2 Å². The lowest BCUT2D eigenvalue weighted by Gasteiger charge is -2.30. The number of pyridine rings is 1. The lowest BCUT2D eigenvalue weighted by Crippen LogP contribution is -2.56. The molecule has 0 bridgehead atoms. The number of methoxy groups -OCH3 is 1. The van der Waals surface area contributed by atoms with Gasteiger partial charge in [-0.3, -0.25) is 9.59 Å². The average Bonchev–Trinajstić information content (AvgIpc) is 3.72. The molecule has 12 heteroatoms. The fourth-order valence-electron chi connectivity index (χ4n) is 7.00. The minimum absolute atomic E-state index is 0.0395. The third-order valence-corrected chi connectivity index (χ3v) is 9.87. The Bertz CT molecular complexity index is 1880. The summed E-state index contributed by atoms with van der Waals surface area (Å²) in [6.07, 6.45) is 6.07. The van der Waals surface area contributed by atoms with Crippen LogP contribution in [0.15, 0.2) is 79.9 Å². The molecule has 5 atom stereocenters. The van der Waals surface area contributed by atoms with Crippen LogP contribution in [0, 0.1) is 5.92 Å². The molecule has 1 saturated heterocycles. The smallest absolute Gasteiger partial charge is 0.408 e. The molecule has 0 spiro atoms. The van der Waals surface area contributed by atoms with E-state index in [2.05, 4.69) is 23.8 Å². The first-order valence-electron chi connectivity index (χ1n) is 19.1. The third kappa shape index (κ3) is 10.0. The maximum Gasteiger partial charge on any atom is 0.408 e. The van der Waals surface area contributed by atoms with Crippen LogP contribution in [0.5, 0.6) is 11.5 Å². The lowest BCUT2D eigenvalue weighted by atomic mass is 10.0.